The smallest absolute Gasteiger partial charge is 0.300 e. The highest BCUT2D eigenvalue weighted by Gasteiger charge is 2.47. The molecule has 3 unspecified atom stereocenters. The molecule has 8 nitrogen and oxygen atoms in total. The molecule has 0 bridgehead atoms. The molecule has 0 radical (unpaired) electrons. The molecule has 1 aliphatic heterocycles. The molecule has 1 aliphatic rings. The van der Waals surface area contributed by atoms with E-state index in [1.54, 1.807) is 12.4 Å². The first kappa shape index (κ1) is 19.8. The van der Waals surface area contributed by atoms with Crippen molar-refractivity contribution in [2.45, 2.75) is 24.2 Å². The molecule has 1 saturated heterocycles. The summed E-state index contributed by atoms with van der Waals surface area (Å²) in [4.78, 5) is 21.0. The number of nitrogens with zero attached hydrogens (tertiary/aromatic N) is 4. The fraction of sp³-hybridized carbons (Fsp3) is 0.333. The van der Waals surface area contributed by atoms with Gasteiger partial charge in [-0.3, -0.25) is 9.78 Å². The molecule has 11 heteroatoms. The Hall–Kier alpha value is -2.55. The predicted octanol–water partition coefficient (Wildman–Crippen LogP) is 1.37. The van der Waals surface area contributed by atoms with Gasteiger partial charge in [0.2, 0.25) is 0 Å². The number of aryl methyl sites for hydroxylation is 1. The highest BCUT2D eigenvalue weighted by Crippen LogP contribution is 2.36. The summed E-state index contributed by atoms with van der Waals surface area (Å²) >= 11 is 0. The number of pyridine rings is 1. The van der Waals surface area contributed by atoms with Gasteiger partial charge in [-0.05, 0) is 18.6 Å². The second kappa shape index (κ2) is 7.05. The van der Waals surface area contributed by atoms with Crippen LogP contribution in [0.2, 0.25) is 0 Å². The molecule has 0 aromatic carbocycles. The first-order chi connectivity index (χ1) is 13.7. The Morgan fingerprint density at radius 3 is 2.79 bits per heavy atom. The maximum atomic E-state index is 13.4. The van der Waals surface area contributed by atoms with Gasteiger partial charge >= 0.3 is 0 Å². The van der Waals surface area contributed by atoms with Crippen LogP contribution >= 0.6 is 9.24 Å². The Bertz CT molecular complexity index is 1070. The molecular weight excluding hydrogens is 403 g/mol. The van der Waals surface area contributed by atoms with Crippen molar-refractivity contribution < 1.29 is 23.4 Å². The molecule has 0 spiro atoms. The van der Waals surface area contributed by atoms with Crippen LogP contribution in [0.1, 0.15) is 27.2 Å². The Labute approximate surface area is 166 Å². The summed E-state index contributed by atoms with van der Waals surface area (Å²) in [5.41, 5.74) is -3.16. The zero-order valence-electron chi connectivity index (χ0n) is 15.3. The van der Waals surface area contributed by atoms with Crippen LogP contribution in [0.4, 0.5) is 8.78 Å². The van der Waals surface area contributed by atoms with Crippen LogP contribution in [0.25, 0.3) is 5.65 Å². The van der Waals surface area contributed by atoms with E-state index in [0.29, 0.717) is 11.2 Å². The van der Waals surface area contributed by atoms with Crippen molar-refractivity contribution in [1.82, 2.24) is 24.9 Å². The SMILES string of the molecule is Cc1cnc2c(C(=O)NC3(c4ccc(C(F)(F)P)nc4)COCC3O)cnn2c1. The van der Waals surface area contributed by atoms with Gasteiger partial charge in [-0.25, -0.2) is 9.50 Å². The molecule has 3 aromatic rings. The van der Waals surface area contributed by atoms with Gasteiger partial charge in [-0.15, -0.1) is 0 Å². The number of aromatic nitrogens is 4. The third-order valence-corrected chi connectivity index (χ3v) is 5.16. The summed E-state index contributed by atoms with van der Waals surface area (Å²) in [5.74, 6) is -0.527. The van der Waals surface area contributed by atoms with Gasteiger partial charge in [0.05, 0.1) is 19.4 Å². The maximum absolute atomic E-state index is 13.4. The van der Waals surface area contributed by atoms with Crippen molar-refractivity contribution in [3.63, 3.8) is 0 Å². The lowest BCUT2D eigenvalue weighted by Crippen LogP contribution is -2.53. The summed E-state index contributed by atoms with van der Waals surface area (Å²) in [7, 11) is 1.42. The van der Waals surface area contributed by atoms with Crippen molar-refractivity contribution in [2.75, 3.05) is 13.2 Å². The topological polar surface area (TPSA) is 102 Å². The second-order valence-corrected chi connectivity index (χ2v) is 7.69. The Balaban J connectivity index is 1.69. The lowest BCUT2D eigenvalue weighted by Gasteiger charge is -2.32. The van der Waals surface area contributed by atoms with Crippen LogP contribution < -0.4 is 5.32 Å². The Morgan fingerprint density at radius 1 is 1.38 bits per heavy atom. The molecule has 3 aromatic heterocycles. The first-order valence-corrected chi connectivity index (χ1v) is 9.30. The zero-order valence-corrected chi connectivity index (χ0v) is 16.5. The number of ether oxygens (including phenoxy) is 1. The standard InChI is InChI=1S/C18H18F2N5O3P/c1-10-4-22-15-12(6-23-25(15)7-10)16(27)24-17(9-28-8-14(17)26)11-2-3-13(21-5-11)18(19,20)29/h2-7,14,26H,8-9,29H2,1H3,(H,24,27). The molecule has 1 amide bonds. The molecule has 0 saturated carbocycles. The number of carbonyl (C=O) groups is 1. The number of hydrogen-bond acceptors (Lipinski definition) is 6. The number of amides is 1. The van der Waals surface area contributed by atoms with E-state index in [1.165, 1.54) is 32.2 Å². The lowest BCUT2D eigenvalue weighted by atomic mass is 9.87. The molecular formula is C18H18F2N5O3P. The summed E-state index contributed by atoms with van der Waals surface area (Å²) in [6.07, 6.45) is 4.84. The zero-order chi connectivity index (χ0) is 20.8. The molecule has 2 N–H and O–H groups in total. The molecule has 3 atom stereocenters. The van der Waals surface area contributed by atoms with E-state index < -0.39 is 28.9 Å². The molecule has 29 heavy (non-hydrogen) atoms. The number of aliphatic hydroxyl groups excluding tert-OH is 1. The molecule has 4 heterocycles. The minimum absolute atomic E-state index is 0.0198. The fourth-order valence-corrected chi connectivity index (χ4v) is 3.46. The summed E-state index contributed by atoms with van der Waals surface area (Å²) in [6, 6.07) is 2.55. The summed E-state index contributed by atoms with van der Waals surface area (Å²) in [5, 5.41) is 17.5. The maximum Gasteiger partial charge on any atom is 0.300 e. The molecule has 4 rings (SSSR count). The predicted molar refractivity (Wildman–Crippen MR) is 102 cm³/mol. The Kier molecular flexibility index (Phi) is 4.80. The van der Waals surface area contributed by atoms with E-state index in [1.807, 2.05) is 6.92 Å². The number of fused-ring (bicyclic) bond motifs is 1. The average Bonchev–Trinajstić information content (AvgIpc) is 3.25. The monoisotopic (exact) mass is 421 g/mol. The number of aliphatic hydroxyl groups is 1. The van der Waals surface area contributed by atoms with Crippen LogP contribution in [0.15, 0.2) is 36.9 Å². The van der Waals surface area contributed by atoms with Crippen molar-refractivity contribution >= 4 is 20.8 Å². The van der Waals surface area contributed by atoms with Crippen LogP contribution in [0.3, 0.4) is 0 Å². The van der Waals surface area contributed by atoms with Gasteiger partial charge in [0.15, 0.2) is 5.65 Å². The Morgan fingerprint density at radius 2 is 2.17 bits per heavy atom. The second-order valence-electron chi connectivity index (χ2n) is 6.97. The van der Waals surface area contributed by atoms with E-state index in [4.69, 9.17) is 4.74 Å². The highest BCUT2D eigenvalue weighted by atomic mass is 31.0. The highest BCUT2D eigenvalue weighted by molar-refractivity contribution is 7.17. The minimum atomic E-state index is -3.18. The van der Waals surface area contributed by atoms with Gasteiger partial charge in [-0.2, -0.15) is 13.9 Å². The van der Waals surface area contributed by atoms with Gasteiger partial charge in [-0.1, -0.05) is 15.3 Å². The number of nitrogens with one attached hydrogen (secondary N) is 1. The van der Waals surface area contributed by atoms with Crippen molar-refractivity contribution in [2.24, 2.45) is 0 Å². The summed E-state index contributed by atoms with van der Waals surface area (Å²) < 4.78 is 33.7. The van der Waals surface area contributed by atoms with Crippen LogP contribution in [0.5, 0.6) is 0 Å². The third-order valence-electron chi connectivity index (χ3n) is 4.86. The van der Waals surface area contributed by atoms with E-state index in [-0.39, 0.29) is 18.8 Å². The number of rotatable bonds is 4. The quantitative estimate of drug-likeness (QED) is 0.618. The van der Waals surface area contributed by atoms with Crippen molar-refractivity contribution in [3.05, 3.63) is 59.3 Å². The normalized spacial score (nSPS) is 22.2. The largest absolute Gasteiger partial charge is 0.388 e. The van der Waals surface area contributed by atoms with E-state index in [9.17, 15) is 18.7 Å². The number of halogens is 2. The minimum Gasteiger partial charge on any atom is -0.388 e. The number of hydrogen-bond donors (Lipinski definition) is 2. The number of alkyl halides is 2. The third kappa shape index (κ3) is 3.48. The van der Waals surface area contributed by atoms with Gasteiger partial charge < -0.3 is 15.2 Å². The van der Waals surface area contributed by atoms with E-state index >= 15 is 0 Å². The fourth-order valence-electron chi connectivity index (χ4n) is 3.29. The van der Waals surface area contributed by atoms with Crippen LogP contribution in [0, 0.1) is 6.92 Å². The van der Waals surface area contributed by atoms with E-state index in [2.05, 4.69) is 20.4 Å². The average molecular weight is 421 g/mol. The van der Waals surface area contributed by atoms with Gasteiger partial charge in [0.1, 0.15) is 22.9 Å². The van der Waals surface area contributed by atoms with Gasteiger partial charge in [0, 0.05) is 24.2 Å². The molecule has 152 valence electrons. The molecule has 0 aliphatic carbocycles. The summed E-state index contributed by atoms with van der Waals surface area (Å²) in [6.45, 7) is 1.79. The molecule has 1 fully saturated rings. The van der Waals surface area contributed by atoms with Crippen molar-refractivity contribution in [3.8, 4) is 0 Å². The van der Waals surface area contributed by atoms with Crippen LogP contribution in [-0.4, -0.2) is 49.9 Å². The lowest BCUT2D eigenvalue weighted by molar-refractivity contribution is 0.0708. The van der Waals surface area contributed by atoms with Crippen molar-refractivity contribution in [1.29, 1.82) is 0 Å². The first-order valence-electron chi connectivity index (χ1n) is 8.73. The van der Waals surface area contributed by atoms with E-state index in [0.717, 1.165) is 11.6 Å². The number of carbonyl (C=O) groups excluding carboxylic acids is 1. The van der Waals surface area contributed by atoms with Gasteiger partial charge in [0.25, 0.3) is 11.6 Å². The van der Waals surface area contributed by atoms with Crippen LogP contribution in [-0.2, 0) is 15.9 Å².